The first-order valence-corrected chi connectivity index (χ1v) is 3.90. The van der Waals surface area contributed by atoms with E-state index in [-0.39, 0.29) is 11.1 Å². The zero-order valence-corrected chi connectivity index (χ0v) is 7.68. The number of cyclic esters (lactones) is 2. The maximum absolute atomic E-state index is 11.0. The molecule has 82 valence electrons. The first kappa shape index (κ1) is 11.3. The van der Waals surface area contributed by atoms with Gasteiger partial charge in [0, 0.05) is 12.0 Å². The molecule has 1 aliphatic rings. The van der Waals surface area contributed by atoms with E-state index >= 15 is 0 Å². The minimum atomic E-state index is -3.08. The molecule has 0 aromatic carbocycles. The first-order valence-electron chi connectivity index (χ1n) is 3.90. The van der Waals surface area contributed by atoms with Gasteiger partial charge in [0.05, 0.1) is 5.57 Å². The van der Waals surface area contributed by atoms with E-state index in [0.29, 0.717) is 0 Å². The molecule has 0 aliphatic carbocycles. The second-order valence-corrected chi connectivity index (χ2v) is 3.08. The van der Waals surface area contributed by atoms with Gasteiger partial charge in [0.15, 0.2) is 0 Å². The van der Waals surface area contributed by atoms with Crippen molar-refractivity contribution in [3.8, 4) is 0 Å². The summed E-state index contributed by atoms with van der Waals surface area (Å²) in [6.07, 6.45) is -0.890. The van der Waals surface area contributed by atoms with Crippen LogP contribution in [0.3, 0.4) is 0 Å². The third-order valence-electron chi connectivity index (χ3n) is 1.96. The van der Waals surface area contributed by atoms with Gasteiger partial charge in [-0.05, 0) is 6.92 Å². The molecule has 15 heavy (non-hydrogen) atoms. The Bertz CT molecular complexity index is 376. The van der Waals surface area contributed by atoms with E-state index in [0.717, 1.165) is 0 Å². The summed E-state index contributed by atoms with van der Waals surface area (Å²) in [7, 11) is 0. The largest absolute Gasteiger partial charge is 0.477 e. The van der Waals surface area contributed by atoms with Crippen molar-refractivity contribution in [1.82, 2.24) is 0 Å². The Morgan fingerprint density at radius 1 is 1.33 bits per heavy atom. The quantitative estimate of drug-likeness (QED) is 0.299. The summed E-state index contributed by atoms with van der Waals surface area (Å²) in [5, 5.41) is 26.3. The number of carbonyl (C=O) groups excluding carboxylic acids is 2. The van der Waals surface area contributed by atoms with Crippen molar-refractivity contribution in [2.24, 2.45) is 0 Å². The Hall–Kier alpha value is -1.73. The van der Waals surface area contributed by atoms with Gasteiger partial charge >= 0.3 is 17.9 Å². The molecule has 7 heteroatoms. The Balaban J connectivity index is 2.96. The summed E-state index contributed by atoms with van der Waals surface area (Å²) in [6, 6.07) is 0. The van der Waals surface area contributed by atoms with Crippen LogP contribution in [0.4, 0.5) is 0 Å². The highest BCUT2D eigenvalue weighted by Gasteiger charge is 2.40. The molecule has 1 heterocycles. The number of carbonyl (C=O) groups is 3. The minimum Gasteiger partial charge on any atom is -0.477 e. The number of hydrogen-bond donors (Lipinski definition) is 3. The number of hydrogen-bond acceptors (Lipinski definition) is 6. The molecule has 0 bridgehead atoms. The standard InChI is InChI=1S/C8H8O7/c1-3-4(6(10)15-5(3)9)2-8(13,14)7(11)12/h13-14H,2H2,1H3,(H,11,12). The van der Waals surface area contributed by atoms with E-state index in [2.05, 4.69) is 4.74 Å². The lowest BCUT2D eigenvalue weighted by Crippen LogP contribution is -2.39. The second kappa shape index (κ2) is 3.44. The van der Waals surface area contributed by atoms with E-state index < -0.39 is 30.1 Å². The van der Waals surface area contributed by atoms with Crippen LogP contribution in [-0.2, 0) is 19.1 Å². The molecule has 0 radical (unpaired) electrons. The highest BCUT2D eigenvalue weighted by Crippen LogP contribution is 2.24. The van der Waals surface area contributed by atoms with E-state index in [1.807, 2.05) is 0 Å². The van der Waals surface area contributed by atoms with Crippen molar-refractivity contribution in [1.29, 1.82) is 0 Å². The Kier molecular flexibility index (Phi) is 2.61. The van der Waals surface area contributed by atoms with E-state index in [1.54, 1.807) is 0 Å². The van der Waals surface area contributed by atoms with Crippen LogP contribution in [0.15, 0.2) is 11.1 Å². The topological polar surface area (TPSA) is 121 Å². The summed E-state index contributed by atoms with van der Waals surface area (Å²) >= 11 is 0. The lowest BCUT2D eigenvalue weighted by atomic mass is 10.0. The van der Waals surface area contributed by atoms with Gasteiger partial charge in [0.2, 0.25) is 0 Å². The predicted molar refractivity (Wildman–Crippen MR) is 43.2 cm³/mol. The van der Waals surface area contributed by atoms with Crippen LogP contribution in [-0.4, -0.2) is 39.0 Å². The van der Waals surface area contributed by atoms with Gasteiger partial charge in [-0.25, -0.2) is 14.4 Å². The van der Waals surface area contributed by atoms with Crippen LogP contribution >= 0.6 is 0 Å². The van der Waals surface area contributed by atoms with Crippen LogP contribution in [0.1, 0.15) is 13.3 Å². The molecule has 0 aromatic rings. The van der Waals surface area contributed by atoms with Crippen molar-refractivity contribution < 1.29 is 34.4 Å². The summed E-state index contributed by atoms with van der Waals surface area (Å²) < 4.78 is 4.14. The van der Waals surface area contributed by atoms with Crippen LogP contribution in [0.2, 0.25) is 0 Å². The molecule has 0 unspecified atom stereocenters. The number of aliphatic carboxylic acids is 1. The molecule has 1 aliphatic heterocycles. The van der Waals surface area contributed by atoms with Gasteiger partial charge in [-0.15, -0.1) is 0 Å². The van der Waals surface area contributed by atoms with Crippen LogP contribution in [0, 0.1) is 0 Å². The minimum absolute atomic E-state index is 0.117. The maximum Gasteiger partial charge on any atom is 0.364 e. The third kappa shape index (κ3) is 2.03. The molecular weight excluding hydrogens is 208 g/mol. The molecule has 0 atom stereocenters. The zero-order chi connectivity index (χ0) is 11.8. The lowest BCUT2D eigenvalue weighted by Gasteiger charge is -2.15. The number of rotatable bonds is 3. The average Bonchev–Trinajstić information content (AvgIpc) is 2.32. The van der Waals surface area contributed by atoms with E-state index in [4.69, 9.17) is 15.3 Å². The normalized spacial score (nSPS) is 17.0. The fraction of sp³-hybridized carbons (Fsp3) is 0.375. The molecule has 0 spiro atoms. The molecule has 0 saturated heterocycles. The molecule has 3 N–H and O–H groups in total. The smallest absolute Gasteiger partial charge is 0.364 e. The number of ether oxygens (including phenoxy) is 1. The fourth-order valence-electron chi connectivity index (χ4n) is 1.03. The van der Waals surface area contributed by atoms with Crippen molar-refractivity contribution in [2.45, 2.75) is 19.1 Å². The molecular formula is C8H8O7. The van der Waals surface area contributed by atoms with Gasteiger partial charge in [-0.2, -0.15) is 0 Å². The maximum atomic E-state index is 11.0. The third-order valence-corrected chi connectivity index (χ3v) is 1.96. The number of carboxylic acids is 1. The number of aliphatic hydroxyl groups is 2. The molecule has 0 amide bonds. The van der Waals surface area contributed by atoms with Crippen molar-refractivity contribution in [2.75, 3.05) is 0 Å². The molecule has 0 fully saturated rings. The molecule has 1 rings (SSSR count). The van der Waals surface area contributed by atoms with Crippen LogP contribution in [0.5, 0.6) is 0 Å². The Morgan fingerprint density at radius 3 is 2.20 bits per heavy atom. The van der Waals surface area contributed by atoms with Crippen LogP contribution < -0.4 is 0 Å². The van der Waals surface area contributed by atoms with Crippen molar-refractivity contribution in [3.63, 3.8) is 0 Å². The summed E-state index contributed by atoms with van der Waals surface area (Å²) in [5.41, 5.74) is -0.457. The lowest BCUT2D eigenvalue weighted by molar-refractivity contribution is -0.203. The molecule has 0 aromatic heterocycles. The molecule has 0 saturated carbocycles. The fourth-order valence-corrected chi connectivity index (χ4v) is 1.03. The van der Waals surface area contributed by atoms with Gasteiger partial charge in [-0.3, -0.25) is 0 Å². The van der Waals surface area contributed by atoms with Gasteiger partial charge < -0.3 is 20.1 Å². The Labute approximate surface area is 83.6 Å². The van der Waals surface area contributed by atoms with Crippen LogP contribution in [0.25, 0.3) is 0 Å². The van der Waals surface area contributed by atoms with Crippen molar-refractivity contribution in [3.05, 3.63) is 11.1 Å². The molecule has 7 nitrogen and oxygen atoms in total. The Morgan fingerprint density at radius 2 is 1.87 bits per heavy atom. The summed E-state index contributed by atoms with van der Waals surface area (Å²) in [4.78, 5) is 32.2. The zero-order valence-electron chi connectivity index (χ0n) is 7.68. The highest BCUT2D eigenvalue weighted by atomic mass is 16.6. The highest BCUT2D eigenvalue weighted by molar-refractivity contribution is 6.12. The predicted octanol–water partition coefficient (Wildman–Crippen LogP) is -1.46. The van der Waals surface area contributed by atoms with E-state index in [9.17, 15) is 14.4 Å². The number of esters is 2. The second-order valence-electron chi connectivity index (χ2n) is 3.08. The SMILES string of the molecule is CC1=C(CC(O)(O)C(=O)O)C(=O)OC1=O. The average molecular weight is 216 g/mol. The monoisotopic (exact) mass is 216 g/mol. The van der Waals surface area contributed by atoms with Gasteiger partial charge in [0.25, 0.3) is 5.79 Å². The van der Waals surface area contributed by atoms with Gasteiger partial charge in [0.1, 0.15) is 0 Å². The van der Waals surface area contributed by atoms with E-state index in [1.165, 1.54) is 6.92 Å². The van der Waals surface area contributed by atoms with Crippen molar-refractivity contribution >= 4 is 17.9 Å². The number of carboxylic acid groups (broad SMARTS) is 1. The summed E-state index contributed by atoms with van der Waals surface area (Å²) in [6.45, 7) is 1.24. The summed E-state index contributed by atoms with van der Waals surface area (Å²) in [5.74, 6) is -6.95. The van der Waals surface area contributed by atoms with Gasteiger partial charge in [-0.1, -0.05) is 0 Å². The first-order chi connectivity index (χ1) is 6.75.